The number of rotatable bonds is 14. The second kappa shape index (κ2) is 11.1. The molecule has 0 saturated heterocycles. The quantitative estimate of drug-likeness (QED) is 0.281. The van der Waals surface area contributed by atoms with Crippen LogP contribution in [0.4, 0.5) is 0 Å². The van der Waals surface area contributed by atoms with Crippen molar-refractivity contribution in [3.8, 4) is 0 Å². The lowest BCUT2D eigenvalue weighted by Crippen LogP contribution is -2.37. The van der Waals surface area contributed by atoms with Crippen molar-refractivity contribution in [2.24, 2.45) is 10.2 Å². The first-order chi connectivity index (χ1) is 11.2. The highest BCUT2D eigenvalue weighted by atomic mass is 16.4. The highest BCUT2D eigenvalue weighted by molar-refractivity contribution is 5.79. The van der Waals surface area contributed by atoms with E-state index in [-0.39, 0.29) is 26.1 Å². The predicted molar refractivity (Wildman–Crippen MR) is 88.0 cm³/mol. The molecule has 0 aliphatic carbocycles. The minimum absolute atomic E-state index is 0.0518. The van der Waals surface area contributed by atoms with Crippen molar-refractivity contribution >= 4 is 11.9 Å². The molecule has 0 amide bonds. The van der Waals surface area contributed by atoms with Crippen molar-refractivity contribution < 1.29 is 30.0 Å². The molecule has 0 bridgehead atoms. The monoisotopic (exact) mass is 346 g/mol. The van der Waals surface area contributed by atoms with Gasteiger partial charge in [0.2, 0.25) is 0 Å². The molecule has 0 heterocycles. The lowest BCUT2D eigenvalue weighted by molar-refractivity contribution is -0.145. The van der Waals surface area contributed by atoms with Gasteiger partial charge in [-0.15, -0.1) is 0 Å². The maximum Gasteiger partial charge on any atom is 0.333 e. The Morgan fingerprint density at radius 2 is 1.04 bits per heavy atom. The second-order valence-corrected chi connectivity index (χ2v) is 6.43. The summed E-state index contributed by atoms with van der Waals surface area (Å²) >= 11 is 0. The lowest BCUT2D eigenvalue weighted by atomic mass is 9.94. The zero-order chi connectivity index (χ0) is 18.6. The van der Waals surface area contributed by atoms with Crippen LogP contribution < -0.4 is 0 Å². The molecule has 0 spiro atoms. The van der Waals surface area contributed by atoms with Crippen molar-refractivity contribution in [2.45, 2.75) is 76.3 Å². The summed E-state index contributed by atoms with van der Waals surface area (Å²) in [6.45, 7) is 2.95. The standard InChI is InChI=1S/C16H30N2O6/c1-15(13(21)22,9-5-3-7-11-19)17-18-16(2,14(23)24)10-6-4-8-12-20/h19-20H,3-12H2,1-2H3,(H,21,22)(H,23,24). The molecule has 0 aromatic heterocycles. The van der Waals surface area contributed by atoms with E-state index in [0.717, 1.165) is 0 Å². The molecule has 0 aliphatic heterocycles. The Bertz CT molecular complexity index is 391. The van der Waals surface area contributed by atoms with Gasteiger partial charge in [0.05, 0.1) is 0 Å². The third-order valence-corrected chi connectivity index (χ3v) is 4.06. The second-order valence-electron chi connectivity index (χ2n) is 6.43. The number of aliphatic carboxylic acids is 2. The van der Waals surface area contributed by atoms with E-state index >= 15 is 0 Å². The number of aliphatic hydroxyl groups is 2. The highest BCUT2D eigenvalue weighted by Crippen LogP contribution is 2.26. The molecule has 2 unspecified atom stereocenters. The Kier molecular flexibility index (Phi) is 10.4. The predicted octanol–water partition coefficient (Wildman–Crippen LogP) is 2.23. The van der Waals surface area contributed by atoms with Crippen LogP contribution in [0.1, 0.15) is 65.2 Å². The fourth-order valence-corrected chi connectivity index (χ4v) is 2.14. The van der Waals surface area contributed by atoms with Gasteiger partial charge in [-0.3, -0.25) is 0 Å². The molecule has 0 aliphatic rings. The Labute approximate surface area is 142 Å². The third-order valence-electron chi connectivity index (χ3n) is 4.06. The zero-order valence-electron chi connectivity index (χ0n) is 14.6. The Balaban J connectivity index is 4.96. The van der Waals surface area contributed by atoms with Crippen LogP contribution in [-0.4, -0.2) is 56.7 Å². The molecule has 0 fully saturated rings. The smallest absolute Gasteiger partial charge is 0.333 e. The molecule has 24 heavy (non-hydrogen) atoms. The zero-order valence-corrected chi connectivity index (χ0v) is 14.6. The number of hydrogen-bond acceptors (Lipinski definition) is 6. The molecule has 0 rings (SSSR count). The molecule has 0 aromatic rings. The summed E-state index contributed by atoms with van der Waals surface area (Å²) in [5, 5.41) is 44.1. The normalized spacial score (nSPS) is 16.7. The topological polar surface area (TPSA) is 140 Å². The fraction of sp³-hybridized carbons (Fsp3) is 0.875. The molecule has 0 saturated carbocycles. The molecule has 0 aromatic carbocycles. The number of nitrogens with zero attached hydrogens (tertiary/aromatic N) is 2. The van der Waals surface area contributed by atoms with E-state index in [4.69, 9.17) is 10.2 Å². The van der Waals surface area contributed by atoms with E-state index in [0.29, 0.717) is 38.5 Å². The number of unbranched alkanes of at least 4 members (excludes halogenated alkanes) is 4. The van der Waals surface area contributed by atoms with Gasteiger partial charge in [0.15, 0.2) is 11.1 Å². The van der Waals surface area contributed by atoms with E-state index in [1.165, 1.54) is 13.8 Å². The first-order valence-electron chi connectivity index (χ1n) is 8.34. The van der Waals surface area contributed by atoms with Gasteiger partial charge in [0.25, 0.3) is 0 Å². The van der Waals surface area contributed by atoms with Crippen molar-refractivity contribution in [3.05, 3.63) is 0 Å². The maximum atomic E-state index is 11.5. The molecule has 8 heteroatoms. The Morgan fingerprint density at radius 1 is 0.708 bits per heavy atom. The lowest BCUT2D eigenvalue weighted by Gasteiger charge is -2.23. The first kappa shape index (κ1) is 22.5. The average Bonchev–Trinajstić information content (AvgIpc) is 2.53. The SMILES string of the molecule is CC(CCCCCO)(N=NC(C)(CCCCCO)C(=O)O)C(=O)O. The fourth-order valence-electron chi connectivity index (χ4n) is 2.14. The molecule has 2 atom stereocenters. The van der Waals surface area contributed by atoms with Gasteiger partial charge in [-0.25, -0.2) is 9.59 Å². The van der Waals surface area contributed by atoms with Gasteiger partial charge in [-0.2, -0.15) is 10.2 Å². The van der Waals surface area contributed by atoms with Gasteiger partial charge in [0, 0.05) is 13.2 Å². The highest BCUT2D eigenvalue weighted by Gasteiger charge is 2.37. The molecular weight excluding hydrogens is 316 g/mol. The average molecular weight is 346 g/mol. The largest absolute Gasteiger partial charge is 0.479 e. The van der Waals surface area contributed by atoms with Crippen LogP contribution in [-0.2, 0) is 9.59 Å². The van der Waals surface area contributed by atoms with Gasteiger partial charge in [0.1, 0.15) is 0 Å². The number of carboxylic acids is 2. The summed E-state index contributed by atoms with van der Waals surface area (Å²) in [6, 6.07) is 0. The van der Waals surface area contributed by atoms with E-state index in [1.54, 1.807) is 0 Å². The van der Waals surface area contributed by atoms with E-state index in [1.807, 2.05) is 0 Å². The first-order valence-corrected chi connectivity index (χ1v) is 8.34. The number of aliphatic hydroxyl groups excluding tert-OH is 2. The molecule has 140 valence electrons. The summed E-state index contributed by atoms with van der Waals surface area (Å²) in [4.78, 5) is 23.0. The number of carbonyl (C=O) groups is 2. The van der Waals surface area contributed by atoms with Crippen molar-refractivity contribution in [2.75, 3.05) is 13.2 Å². The van der Waals surface area contributed by atoms with Crippen LogP contribution in [0.3, 0.4) is 0 Å². The van der Waals surface area contributed by atoms with Crippen molar-refractivity contribution in [3.63, 3.8) is 0 Å². The van der Waals surface area contributed by atoms with Gasteiger partial charge < -0.3 is 20.4 Å². The van der Waals surface area contributed by atoms with Crippen LogP contribution in [0.2, 0.25) is 0 Å². The number of azo groups is 1. The summed E-state index contributed by atoms with van der Waals surface area (Å²) in [6.07, 6.45) is 4.09. The van der Waals surface area contributed by atoms with E-state index in [9.17, 15) is 19.8 Å². The minimum Gasteiger partial charge on any atom is -0.479 e. The number of carboxylic acid groups (broad SMARTS) is 2. The van der Waals surface area contributed by atoms with Gasteiger partial charge in [-0.1, -0.05) is 25.7 Å². The summed E-state index contributed by atoms with van der Waals surface area (Å²) < 4.78 is 0. The Morgan fingerprint density at radius 3 is 1.29 bits per heavy atom. The molecular formula is C16H30N2O6. The van der Waals surface area contributed by atoms with Gasteiger partial charge in [-0.05, 0) is 39.5 Å². The summed E-state index contributed by atoms with van der Waals surface area (Å²) in [7, 11) is 0. The molecule has 8 nitrogen and oxygen atoms in total. The Hall–Kier alpha value is -1.54. The summed E-state index contributed by atoms with van der Waals surface area (Å²) in [5.41, 5.74) is -2.95. The minimum atomic E-state index is -1.47. The third kappa shape index (κ3) is 7.83. The van der Waals surface area contributed by atoms with E-state index in [2.05, 4.69) is 10.2 Å². The maximum absolute atomic E-state index is 11.5. The van der Waals surface area contributed by atoms with Gasteiger partial charge >= 0.3 is 11.9 Å². The van der Waals surface area contributed by atoms with E-state index < -0.39 is 23.0 Å². The van der Waals surface area contributed by atoms with Crippen LogP contribution in [0.15, 0.2) is 10.2 Å². The van der Waals surface area contributed by atoms with Crippen molar-refractivity contribution in [1.29, 1.82) is 0 Å². The van der Waals surface area contributed by atoms with Crippen LogP contribution in [0.5, 0.6) is 0 Å². The molecule has 0 radical (unpaired) electrons. The van der Waals surface area contributed by atoms with Crippen molar-refractivity contribution in [1.82, 2.24) is 0 Å². The van der Waals surface area contributed by atoms with Crippen LogP contribution in [0.25, 0.3) is 0 Å². The van der Waals surface area contributed by atoms with Crippen LogP contribution >= 0.6 is 0 Å². The van der Waals surface area contributed by atoms with Crippen LogP contribution in [0, 0.1) is 0 Å². The molecule has 4 N–H and O–H groups in total. The summed E-state index contributed by atoms with van der Waals surface area (Å²) in [5.74, 6) is -2.30. The number of hydrogen-bond donors (Lipinski definition) is 4.